The van der Waals surface area contributed by atoms with Gasteiger partial charge < -0.3 is 9.84 Å². The van der Waals surface area contributed by atoms with Gasteiger partial charge in [-0.2, -0.15) is 0 Å². The molecule has 3 rings (SSSR count). The van der Waals surface area contributed by atoms with Crippen molar-refractivity contribution in [3.8, 4) is 0 Å². The monoisotopic (exact) mass is 363 g/mol. The van der Waals surface area contributed by atoms with Gasteiger partial charge in [0.15, 0.2) is 0 Å². The van der Waals surface area contributed by atoms with Crippen molar-refractivity contribution < 1.29 is 14.6 Å². The molecule has 0 saturated carbocycles. The molecule has 0 aliphatic heterocycles. The van der Waals surface area contributed by atoms with Gasteiger partial charge in [0, 0.05) is 5.88 Å². The van der Waals surface area contributed by atoms with Crippen LogP contribution in [0.15, 0.2) is 53.3 Å². The van der Waals surface area contributed by atoms with Crippen LogP contribution in [0.25, 0.3) is 10.1 Å². The fourth-order valence-electron chi connectivity index (χ4n) is 2.24. The highest BCUT2D eigenvalue weighted by molar-refractivity contribution is 7.13. The van der Waals surface area contributed by atoms with Crippen LogP contribution in [0.3, 0.4) is 0 Å². The summed E-state index contributed by atoms with van der Waals surface area (Å²) in [5.74, 6) is -0.301. The summed E-state index contributed by atoms with van der Waals surface area (Å²) < 4.78 is 7.19. The van der Waals surface area contributed by atoms with Crippen LogP contribution in [0, 0.1) is 0 Å². The molecular formula is C17H14ClNO4S. The fourth-order valence-corrected chi connectivity index (χ4v) is 3.43. The van der Waals surface area contributed by atoms with Gasteiger partial charge in [-0.05, 0) is 29.8 Å². The molecule has 124 valence electrons. The molecule has 1 atom stereocenters. The van der Waals surface area contributed by atoms with Crippen LogP contribution in [0.5, 0.6) is 0 Å². The molecule has 7 heteroatoms. The lowest BCUT2D eigenvalue weighted by molar-refractivity contribution is -0.0718. The van der Waals surface area contributed by atoms with Crippen molar-refractivity contribution >= 4 is 39.2 Å². The van der Waals surface area contributed by atoms with Crippen LogP contribution in [0.2, 0.25) is 0 Å². The van der Waals surface area contributed by atoms with Crippen LogP contribution in [-0.2, 0) is 17.2 Å². The third kappa shape index (κ3) is 3.51. The van der Waals surface area contributed by atoms with E-state index < -0.39 is 12.3 Å². The first-order valence-corrected chi connectivity index (χ1v) is 8.52. The molecule has 1 aromatic heterocycles. The van der Waals surface area contributed by atoms with Gasteiger partial charge in [0.05, 0.1) is 22.2 Å². The number of fused-ring (bicyclic) bond motifs is 1. The number of alkyl halides is 1. The second-order valence-corrected chi connectivity index (χ2v) is 6.47. The molecule has 5 nitrogen and oxygen atoms in total. The second-order valence-electron chi connectivity index (χ2n) is 5.14. The highest BCUT2D eigenvalue weighted by atomic mass is 35.5. The predicted octanol–water partition coefficient (Wildman–Crippen LogP) is 2.98. The molecule has 1 N–H and O–H groups in total. The van der Waals surface area contributed by atoms with Gasteiger partial charge in [0.2, 0.25) is 6.29 Å². The molecule has 0 bridgehead atoms. The van der Waals surface area contributed by atoms with E-state index in [1.807, 2.05) is 12.1 Å². The van der Waals surface area contributed by atoms with Gasteiger partial charge in [-0.25, -0.2) is 4.79 Å². The average molecular weight is 364 g/mol. The number of halogens is 1. The lowest BCUT2D eigenvalue weighted by atomic mass is 10.1. The Labute approximate surface area is 146 Å². The first kappa shape index (κ1) is 16.7. The van der Waals surface area contributed by atoms with Gasteiger partial charge in [-0.15, -0.1) is 11.6 Å². The Kier molecular flexibility index (Phi) is 4.99. The minimum Gasteiger partial charge on any atom is -0.430 e. The molecule has 3 aromatic rings. The van der Waals surface area contributed by atoms with E-state index in [2.05, 4.69) is 0 Å². The summed E-state index contributed by atoms with van der Waals surface area (Å²) in [6, 6.07) is 13.8. The number of esters is 1. The maximum atomic E-state index is 12.2. The molecule has 24 heavy (non-hydrogen) atoms. The van der Waals surface area contributed by atoms with Gasteiger partial charge in [0.1, 0.15) is 0 Å². The van der Waals surface area contributed by atoms with Crippen LogP contribution < -0.4 is 5.56 Å². The van der Waals surface area contributed by atoms with Crippen molar-refractivity contribution in [1.29, 1.82) is 0 Å². The standard InChI is InChI=1S/C17H14ClNO4S/c18-9-11-5-7-12(8-6-11)17(22)23-15(20)10-19-16(21)13-3-1-2-4-14(13)24-19/h1-8,15,20H,9-10H2. The van der Waals surface area contributed by atoms with E-state index in [1.165, 1.54) is 15.5 Å². The lowest BCUT2D eigenvalue weighted by Gasteiger charge is -2.12. The zero-order chi connectivity index (χ0) is 17.1. The Bertz CT molecular complexity index is 916. The topological polar surface area (TPSA) is 68.5 Å². The number of rotatable bonds is 5. The SMILES string of the molecule is O=C(OC(O)Cn1sc2ccccc2c1=O)c1ccc(CCl)cc1. The van der Waals surface area contributed by atoms with E-state index in [0.29, 0.717) is 16.8 Å². The molecule has 0 fully saturated rings. The van der Waals surface area contributed by atoms with E-state index in [9.17, 15) is 14.7 Å². The zero-order valence-electron chi connectivity index (χ0n) is 12.5. The van der Waals surface area contributed by atoms with E-state index >= 15 is 0 Å². The number of nitrogens with zero attached hydrogens (tertiary/aromatic N) is 1. The lowest BCUT2D eigenvalue weighted by Crippen LogP contribution is -2.26. The normalized spacial score (nSPS) is 12.2. The summed E-state index contributed by atoms with van der Waals surface area (Å²) in [4.78, 5) is 24.2. The maximum absolute atomic E-state index is 12.2. The van der Waals surface area contributed by atoms with E-state index in [1.54, 1.807) is 36.4 Å². The number of aromatic nitrogens is 1. The zero-order valence-corrected chi connectivity index (χ0v) is 14.1. The summed E-state index contributed by atoms with van der Waals surface area (Å²) in [5, 5.41) is 10.5. The Hall–Kier alpha value is -2.15. The Morgan fingerprint density at radius 1 is 1.21 bits per heavy atom. The molecule has 1 heterocycles. The van der Waals surface area contributed by atoms with E-state index in [4.69, 9.17) is 16.3 Å². The van der Waals surface area contributed by atoms with Crippen molar-refractivity contribution in [3.63, 3.8) is 0 Å². The van der Waals surface area contributed by atoms with E-state index in [-0.39, 0.29) is 12.1 Å². The number of benzene rings is 2. The Balaban J connectivity index is 1.69. The van der Waals surface area contributed by atoms with Crippen LogP contribution in [0.1, 0.15) is 15.9 Å². The first-order chi connectivity index (χ1) is 11.6. The number of aliphatic hydroxyl groups excluding tert-OH is 1. The average Bonchev–Trinajstić information content (AvgIpc) is 2.91. The molecule has 0 aliphatic carbocycles. The summed E-state index contributed by atoms with van der Waals surface area (Å²) in [6.07, 6.45) is -1.41. The largest absolute Gasteiger partial charge is 0.430 e. The van der Waals surface area contributed by atoms with Crippen LogP contribution in [0.4, 0.5) is 0 Å². The molecule has 0 saturated heterocycles. The molecule has 0 aliphatic rings. The molecular weight excluding hydrogens is 350 g/mol. The van der Waals surface area contributed by atoms with Crippen molar-refractivity contribution in [3.05, 3.63) is 70.0 Å². The smallest absolute Gasteiger partial charge is 0.340 e. The summed E-state index contributed by atoms with van der Waals surface area (Å²) in [6.45, 7) is -0.107. The molecule has 1 unspecified atom stereocenters. The number of ether oxygens (including phenoxy) is 1. The number of hydrogen-bond acceptors (Lipinski definition) is 5. The van der Waals surface area contributed by atoms with Crippen molar-refractivity contribution in [1.82, 2.24) is 3.96 Å². The van der Waals surface area contributed by atoms with Crippen LogP contribution in [-0.4, -0.2) is 21.3 Å². The van der Waals surface area contributed by atoms with E-state index in [0.717, 1.165) is 10.3 Å². The van der Waals surface area contributed by atoms with Crippen molar-refractivity contribution in [2.75, 3.05) is 0 Å². The van der Waals surface area contributed by atoms with Crippen molar-refractivity contribution in [2.24, 2.45) is 0 Å². The first-order valence-electron chi connectivity index (χ1n) is 7.21. The maximum Gasteiger partial charge on any atom is 0.340 e. The predicted molar refractivity (Wildman–Crippen MR) is 93.5 cm³/mol. The number of carbonyl (C=O) groups is 1. The fraction of sp³-hybridized carbons (Fsp3) is 0.176. The Morgan fingerprint density at radius 2 is 1.92 bits per heavy atom. The number of carbonyl (C=O) groups excluding carboxylic acids is 1. The molecule has 0 radical (unpaired) electrons. The summed E-state index contributed by atoms with van der Waals surface area (Å²) >= 11 is 6.91. The minimum atomic E-state index is -1.41. The minimum absolute atomic E-state index is 0.107. The van der Waals surface area contributed by atoms with Gasteiger partial charge in [-0.1, -0.05) is 35.8 Å². The van der Waals surface area contributed by atoms with Gasteiger partial charge in [-0.3, -0.25) is 8.75 Å². The summed E-state index contributed by atoms with van der Waals surface area (Å²) in [7, 11) is 0. The molecule has 2 aromatic carbocycles. The number of hydrogen-bond donors (Lipinski definition) is 1. The van der Waals surface area contributed by atoms with Crippen LogP contribution >= 0.6 is 23.1 Å². The Morgan fingerprint density at radius 3 is 2.58 bits per heavy atom. The summed E-state index contributed by atoms with van der Waals surface area (Å²) in [5.41, 5.74) is 0.981. The quantitative estimate of drug-likeness (QED) is 0.430. The van der Waals surface area contributed by atoms with Crippen molar-refractivity contribution in [2.45, 2.75) is 18.7 Å². The molecule has 0 spiro atoms. The van der Waals surface area contributed by atoms with Gasteiger partial charge in [0.25, 0.3) is 5.56 Å². The number of aliphatic hydroxyl groups is 1. The second kappa shape index (κ2) is 7.17. The molecule has 0 amide bonds. The van der Waals surface area contributed by atoms with Gasteiger partial charge >= 0.3 is 5.97 Å². The highest BCUT2D eigenvalue weighted by Crippen LogP contribution is 2.16. The highest BCUT2D eigenvalue weighted by Gasteiger charge is 2.16. The third-order valence-corrected chi connectivity index (χ3v) is 4.86. The third-order valence-electron chi connectivity index (χ3n) is 3.46.